The first-order chi connectivity index (χ1) is 7.18. The zero-order valence-corrected chi connectivity index (χ0v) is 9.77. The Bertz CT molecular complexity index is 522. The summed E-state index contributed by atoms with van der Waals surface area (Å²) in [5.41, 5.74) is 3.79. The summed E-state index contributed by atoms with van der Waals surface area (Å²) in [7, 11) is 0. The van der Waals surface area contributed by atoms with Gasteiger partial charge >= 0.3 is 0 Å². The molecule has 0 bridgehead atoms. The summed E-state index contributed by atoms with van der Waals surface area (Å²) >= 11 is 5.22. The Hall–Kier alpha value is -1.35. The molecule has 2 rings (SSSR count). The number of aryl methyl sites for hydroxylation is 2. The van der Waals surface area contributed by atoms with E-state index in [9.17, 15) is 0 Å². The van der Waals surface area contributed by atoms with Crippen molar-refractivity contribution < 1.29 is 0 Å². The van der Waals surface area contributed by atoms with Crippen molar-refractivity contribution in [3.05, 3.63) is 52.1 Å². The summed E-state index contributed by atoms with van der Waals surface area (Å²) in [6, 6.07) is 8.39. The van der Waals surface area contributed by atoms with E-state index in [-0.39, 0.29) is 0 Å². The largest absolute Gasteiger partial charge is 0.337 e. The number of rotatable bonds is 2. The molecule has 0 fully saturated rings. The van der Waals surface area contributed by atoms with E-state index in [2.05, 4.69) is 47.7 Å². The zero-order valence-electron chi connectivity index (χ0n) is 8.95. The second kappa shape index (κ2) is 4.03. The third-order valence-electron chi connectivity index (χ3n) is 2.67. The van der Waals surface area contributed by atoms with Crippen LogP contribution in [0.5, 0.6) is 0 Å². The van der Waals surface area contributed by atoms with Gasteiger partial charge in [0.2, 0.25) is 0 Å². The van der Waals surface area contributed by atoms with E-state index < -0.39 is 0 Å². The lowest BCUT2D eigenvalue weighted by Gasteiger charge is -2.08. The molecule has 3 heteroatoms. The van der Waals surface area contributed by atoms with Crippen LogP contribution in [0, 0.1) is 18.6 Å². The van der Waals surface area contributed by atoms with Crippen molar-refractivity contribution in [2.45, 2.75) is 20.4 Å². The molecule has 0 spiro atoms. The first-order valence-corrected chi connectivity index (χ1v) is 5.38. The zero-order chi connectivity index (χ0) is 10.8. The van der Waals surface area contributed by atoms with Crippen LogP contribution in [0.15, 0.2) is 30.5 Å². The predicted octanol–water partition coefficient (Wildman–Crippen LogP) is 3.21. The molecule has 0 aliphatic rings. The molecular weight excluding hydrogens is 204 g/mol. The molecule has 0 amide bonds. The maximum Gasteiger partial charge on any atom is 0.177 e. The van der Waals surface area contributed by atoms with Crippen molar-refractivity contribution in [1.29, 1.82) is 0 Å². The standard InChI is InChI=1S/C12H14N2S/c1-9-5-3-4-6-11(9)8-14-10(2)7-13-12(14)15/h3-7H,8H2,1-2H3,(H,13,15). The summed E-state index contributed by atoms with van der Waals surface area (Å²) in [5.74, 6) is 0. The maximum atomic E-state index is 5.22. The fourth-order valence-electron chi connectivity index (χ4n) is 1.64. The molecule has 0 radical (unpaired) electrons. The minimum atomic E-state index is 0.788. The van der Waals surface area contributed by atoms with Gasteiger partial charge in [-0.1, -0.05) is 24.3 Å². The number of aromatic amines is 1. The maximum absolute atomic E-state index is 5.22. The van der Waals surface area contributed by atoms with Crippen LogP contribution in [0.3, 0.4) is 0 Å². The van der Waals surface area contributed by atoms with Crippen molar-refractivity contribution >= 4 is 12.2 Å². The molecule has 0 atom stereocenters. The van der Waals surface area contributed by atoms with Crippen LogP contribution in [0.25, 0.3) is 0 Å². The molecule has 0 unspecified atom stereocenters. The summed E-state index contributed by atoms with van der Waals surface area (Å²) in [6.07, 6.45) is 1.95. The highest BCUT2D eigenvalue weighted by atomic mass is 32.1. The van der Waals surface area contributed by atoms with Gasteiger partial charge in [-0.15, -0.1) is 0 Å². The first kappa shape index (κ1) is 10.2. The first-order valence-electron chi connectivity index (χ1n) is 4.98. The summed E-state index contributed by atoms with van der Waals surface area (Å²) in [4.78, 5) is 3.05. The number of hydrogen-bond acceptors (Lipinski definition) is 1. The number of H-pyrrole nitrogens is 1. The fourth-order valence-corrected chi connectivity index (χ4v) is 1.90. The molecule has 1 heterocycles. The lowest BCUT2D eigenvalue weighted by atomic mass is 10.1. The molecule has 0 saturated heterocycles. The fraction of sp³-hybridized carbons (Fsp3) is 0.250. The molecule has 0 aliphatic heterocycles. The van der Waals surface area contributed by atoms with E-state index in [0.29, 0.717) is 0 Å². The van der Waals surface area contributed by atoms with Crippen molar-refractivity contribution in [2.24, 2.45) is 0 Å². The van der Waals surface area contributed by atoms with Crippen molar-refractivity contribution in [3.63, 3.8) is 0 Å². The summed E-state index contributed by atoms with van der Waals surface area (Å²) < 4.78 is 2.90. The Labute approximate surface area is 94.6 Å². The Morgan fingerprint density at radius 3 is 2.60 bits per heavy atom. The van der Waals surface area contributed by atoms with E-state index in [1.165, 1.54) is 16.8 Å². The minimum Gasteiger partial charge on any atom is -0.337 e. The summed E-state index contributed by atoms with van der Waals surface area (Å²) in [6.45, 7) is 5.03. The van der Waals surface area contributed by atoms with E-state index in [4.69, 9.17) is 12.2 Å². The highest BCUT2D eigenvalue weighted by molar-refractivity contribution is 7.71. The molecule has 0 aliphatic carbocycles. The molecule has 0 saturated carbocycles. The lowest BCUT2D eigenvalue weighted by Crippen LogP contribution is -2.03. The van der Waals surface area contributed by atoms with Gasteiger partial charge < -0.3 is 9.55 Å². The molecule has 1 N–H and O–H groups in total. The van der Waals surface area contributed by atoms with E-state index >= 15 is 0 Å². The minimum absolute atomic E-state index is 0.788. The third-order valence-corrected chi connectivity index (χ3v) is 3.00. The summed E-state index contributed by atoms with van der Waals surface area (Å²) in [5, 5.41) is 0. The Kier molecular flexibility index (Phi) is 2.73. The third kappa shape index (κ3) is 2.02. The number of nitrogens with zero attached hydrogens (tertiary/aromatic N) is 1. The lowest BCUT2D eigenvalue weighted by molar-refractivity contribution is 0.754. The van der Waals surface area contributed by atoms with Crippen LogP contribution in [0.2, 0.25) is 0 Å². The van der Waals surface area contributed by atoms with Gasteiger partial charge in [0.05, 0.1) is 6.54 Å². The molecule has 15 heavy (non-hydrogen) atoms. The van der Waals surface area contributed by atoms with Crippen LogP contribution in [-0.2, 0) is 6.54 Å². The average molecular weight is 218 g/mol. The highest BCUT2D eigenvalue weighted by Gasteiger charge is 2.02. The molecule has 2 nitrogen and oxygen atoms in total. The van der Waals surface area contributed by atoms with Crippen molar-refractivity contribution in [1.82, 2.24) is 9.55 Å². The topological polar surface area (TPSA) is 20.7 Å². The molecule has 78 valence electrons. The quantitative estimate of drug-likeness (QED) is 0.768. The smallest absolute Gasteiger partial charge is 0.177 e. The average Bonchev–Trinajstić information content (AvgIpc) is 2.53. The highest BCUT2D eigenvalue weighted by Crippen LogP contribution is 2.11. The van der Waals surface area contributed by atoms with Crippen LogP contribution in [-0.4, -0.2) is 9.55 Å². The SMILES string of the molecule is Cc1ccccc1Cn1c(C)c[nH]c1=S. The number of imidazole rings is 1. The monoisotopic (exact) mass is 218 g/mol. The normalized spacial score (nSPS) is 10.5. The van der Waals surface area contributed by atoms with Crippen LogP contribution in [0.4, 0.5) is 0 Å². The van der Waals surface area contributed by atoms with Crippen molar-refractivity contribution in [3.8, 4) is 0 Å². The Morgan fingerprint density at radius 1 is 1.27 bits per heavy atom. The van der Waals surface area contributed by atoms with E-state index in [0.717, 1.165) is 11.3 Å². The van der Waals surface area contributed by atoms with Gasteiger partial charge in [0.25, 0.3) is 0 Å². The van der Waals surface area contributed by atoms with E-state index in [1.807, 2.05) is 6.20 Å². The predicted molar refractivity (Wildman–Crippen MR) is 64.6 cm³/mol. The van der Waals surface area contributed by atoms with Crippen LogP contribution < -0.4 is 0 Å². The van der Waals surface area contributed by atoms with Gasteiger partial charge in [-0.2, -0.15) is 0 Å². The van der Waals surface area contributed by atoms with Gasteiger partial charge in [-0.25, -0.2) is 0 Å². The number of benzene rings is 1. The molecule has 2 aromatic rings. The molecule has 1 aromatic carbocycles. The molecule has 1 aromatic heterocycles. The van der Waals surface area contributed by atoms with Crippen LogP contribution in [0.1, 0.15) is 16.8 Å². The second-order valence-electron chi connectivity index (χ2n) is 3.75. The second-order valence-corrected chi connectivity index (χ2v) is 4.13. The number of hydrogen-bond donors (Lipinski definition) is 1. The van der Waals surface area contributed by atoms with Gasteiger partial charge in [0.1, 0.15) is 0 Å². The molecular formula is C12H14N2S. The number of nitrogens with one attached hydrogen (secondary N) is 1. The number of aromatic nitrogens is 2. The van der Waals surface area contributed by atoms with Crippen LogP contribution >= 0.6 is 12.2 Å². The Morgan fingerprint density at radius 2 is 2.00 bits per heavy atom. The van der Waals surface area contributed by atoms with Gasteiger partial charge in [-0.3, -0.25) is 0 Å². The van der Waals surface area contributed by atoms with Gasteiger partial charge in [-0.05, 0) is 37.2 Å². The Balaban J connectivity index is 2.38. The van der Waals surface area contributed by atoms with Crippen molar-refractivity contribution in [2.75, 3.05) is 0 Å². The van der Waals surface area contributed by atoms with E-state index in [1.54, 1.807) is 0 Å². The van der Waals surface area contributed by atoms with Gasteiger partial charge in [0, 0.05) is 11.9 Å². The van der Waals surface area contributed by atoms with Gasteiger partial charge in [0.15, 0.2) is 4.77 Å².